The largest absolute Gasteiger partial charge is 0.480 e. The number of aromatic nitrogens is 5. The van der Waals surface area contributed by atoms with Gasteiger partial charge in [-0.2, -0.15) is 23.1 Å². The monoisotopic (exact) mass is 376 g/mol. The van der Waals surface area contributed by atoms with Crippen molar-refractivity contribution in [2.24, 2.45) is 0 Å². The van der Waals surface area contributed by atoms with Crippen molar-refractivity contribution in [3.05, 3.63) is 36.9 Å². The fraction of sp³-hybridized carbons (Fsp3) is 0.235. The second-order valence-corrected chi connectivity index (χ2v) is 6.00. The van der Waals surface area contributed by atoms with Gasteiger partial charge in [0.2, 0.25) is 11.8 Å². The standard InChI is InChI=1S/C17H15F3N6O/c1-9(17(18,19)20)23-16-24-14-13(15(25-16)27-2)11(7-22-14)10-3-4-12-21-5-6-26(12)8-10/h3-9H,1-2H3,(H2,22,23,24,25)/t9-/m1/s1. The summed E-state index contributed by atoms with van der Waals surface area (Å²) in [6.45, 7) is 1.00. The summed E-state index contributed by atoms with van der Waals surface area (Å²) < 4.78 is 45.6. The van der Waals surface area contributed by atoms with E-state index in [0.717, 1.165) is 23.7 Å². The van der Waals surface area contributed by atoms with Gasteiger partial charge in [-0.05, 0) is 19.1 Å². The number of hydrogen-bond donors (Lipinski definition) is 2. The number of hydrogen-bond acceptors (Lipinski definition) is 5. The molecule has 0 amide bonds. The zero-order chi connectivity index (χ0) is 19.2. The van der Waals surface area contributed by atoms with Crippen molar-refractivity contribution in [3.63, 3.8) is 0 Å². The van der Waals surface area contributed by atoms with Crippen LogP contribution in [0.5, 0.6) is 5.88 Å². The molecule has 0 saturated carbocycles. The first-order valence-electron chi connectivity index (χ1n) is 8.06. The molecular weight excluding hydrogens is 361 g/mol. The SMILES string of the molecule is COc1nc(N[C@H](C)C(F)(F)F)nc2[nH]cc(-c3ccc4nccn4c3)c12. The van der Waals surface area contributed by atoms with Crippen LogP contribution in [0.3, 0.4) is 0 Å². The van der Waals surface area contributed by atoms with Gasteiger partial charge >= 0.3 is 6.18 Å². The number of fused-ring (bicyclic) bond motifs is 2. The lowest BCUT2D eigenvalue weighted by molar-refractivity contribution is -0.138. The number of anilines is 1. The molecule has 7 nitrogen and oxygen atoms in total. The normalized spacial score (nSPS) is 13.2. The number of halogens is 3. The summed E-state index contributed by atoms with van der Waals surface area (Å²) in [5.41, 5.74) is 2.81. The molecule has 0 spiro atoms. The summed E-state index contributed by atoms with van der Waals surface area (Å²) in [4.78, 5) is 15.4. The molecule has 27 heavy (non-hydrogen) atoms. The molecule has 10 heteroatoms. The van der Waals surface area contributed by atoms with Crippen LogP contribution in [0.1, 0.15) is 6.92 Å². The molecule has 0 aromatic carbocycles. The van der Waals surface area contributed by atoms with Crippen LogP contribution in [-0.4, -0.2) is 43.7 Å². The first kappa shape index (κ1) is 17.1. The summed E-state index contributed by atoms with van der Waals surface area (Å²) in [7, 11) is 1.41. The van der Waals surface area contributed by atoms with Gasteiger partial charge < -0.3 is 19.4 Å². The lowest BCUT2D eigenvalue weighted by Crippen LogP contribution is -2.33. The van der Waals surface area contributed by atoms with Crippen molar-refractivity contribution >= 4 is 22.6 Å². The minimum Gasteiger partial charge on any atom is -0.480 e. The number of alkyl halides is 3. The molecule has 0 fully saturated rings. The molecule has 4 rings (SSSR count). The number of nitrogens with one attached hydrogen (secondary N) is 2. The Balaban J connectivity index is 1.80. The smallest absolute Gasteiger partial charge is 0.408 e. The highest BCUT2D eigenvalue weighted by Crippen LogP contribution is 2.34. The second-order valence-electron chi connectivity index (χ2n) is 6.00. The molecule has 4 heterocycles. The van der Waals surface area contributed by atoms with Crippen molar-refractivity contribution in [2.75, 3.05) is 12.4 Å². The third-order valence-electron chi connectivity index (χ3n) is 4.23. The van der Waals surface area contributed by atoms with E-state index in [2.05, 4.69) is 25.3 Å². The topological polar surface area (TPSA) is 80.1 Å². The first-order chi connectivity index (χ1) is 12.9. The van der Waals surface area contributed by atoms with E-state index in [1.165, 1.54) is 7.11 Å². The second kappa shape index (κ2) is 6.15. The van der Waals surface area contributed by atoms with Crippen molar-refractivity contribution < 1.29 is 17.9 Å². The van der Waals surface area contributed by atoms with Crippen molar-refractivity contribution in [1.29, 1.82) is 0 Å². The van der Waals surface area contributed by atoms with E-state index in [1.54, 1.807) is 12.4 Å². The van der Waals surface area contributed by atoms with E-state index < -0.39 is 12.2 Å². The summed E-state index contributed by atoms with van der Waals surface area (Å²) in [5.74, 6) is 0.0153. The Kier molecular flexibility index (Phi) is 3.90. The molecule has 0 aliphatic rings. The van der Waals surface area contributed by atoms with Gasteiger partial charge in [-0.3, -0.25) is 0 Å². The average molecular weight is 376 g/mol. The zero-order valence-electron chi connectivity index (χ0n) is 14.4. The molecule has 4 aromatic rings. The van der Waals surface area contributed by atoms with E-state index in [1.807, 2.05) is 28.9 Å². The molecule has 4 aromatic heterocycles. The average Bonchev–Trinajstić information content (AvgIpc) is 3.26. The van der Waals surface area contributed by atoms with Crippen LogP contribution < -0.4 is 10.1 Å². The van der Waals surface area contributed by atoms with Gasteiger partial charge in [0.15, 0.2) is 0 Å². The molecule has 0 unspecified atom stereocenters. The van der Waals surface area contributed by atoms with Gasteiger partial charge in [-0.25, -0.2) is 4.98 Å². The van der Waals surface area contributed by atoms with Gasteiger partial charge in [0.1, 0.15) is 17.3 Å². The molecule has 0 radical (unpaired) electrons. The number of H-pyrrole nitrogens is 1. The predicted molar refractivity (Wildman–Crippen MR) is 93.8 cm³/mol. The first-order valence-corrected chi connectivity index (χ1v) is 8.06. The third kappa shape index (κ3) is 3.03. The predicted octanol–water partition coefficient (Wildman–Crippen LogP) is 3.64. The van der Waals surface area contributed by atoms with Crippen LogP contribution in [0.2, 0.25) is 0 Å². The van der Waals surface area contributed by atoms with Gasteiger partial charge in [-0.15, -0.1) is 0 Å². The molecule has 2 N–H and O–H groups in total. The highest BCUT2D eigenvalue weighted by molar-refractivity contribution is 5.97. The molecule has 0 saturated heterocycles. The highest BCUT2D eigenvalue weighted by atomic mass is 19.4. The summed E-state index contributed by atoms with van der Waals surface area (Å²) in [6.07, 6.45) is 2.71. The zero-order valence-corrected chi connectivity index (χ0v) is 14.4. The van der Waals surface area contributed by atoms with Crippen LogP contribution in [0, 0.1) is 0 Å². The van der Waals surface area contributed by atoms with Crippen molar-refractivity contribution in [2.45, 2.75) is 19.1 Å². The molecule has 1 atom stereocenters. The number of ether oxygens (including phenoxy) is 1. The number of methoxy groups -OCH3 is 1. The van der Waals surface area contributed by atoms with Crippen molar-refractivity contribution in [1.82, 2.24) is 24.3 Å². The van der Waals surface area contributed by atoms with E-state index in [9.17, 15) is 13.2 Å². The highest BCUT2D eigenvalue weighted by Gasteiger charge is 2.36. The van der Waals surface area contributed by atoms with Gasteiger partial charge in [0, 0.05) is 35.9 Å². The number of imidazole rings is 1. The Morgan fingerprint density at radius 2 is 2.07 bits per heavy atom. The Hall–Kier alpha value is -3.30. The summed E-state index contributed by atoms with van der Waals surface area (Å²) in [6, 6.07) is 1.96. The summed E-state index contributed by atoms with van der Waals surface area (Å²) in [5, 5.41) is 2.84. The third-order valence-corrected chi connectivity index (χ3v) is 4.23. The Labute approximate surface area is 151 Å². The van der Waals surface area contributed by atoms with Crippen LogP contribution in [-0.2, 0) is 0 Å². The lowest BCUT2D eigenvalue weighted by Gasteiger charge is -2.17. The molecule has 0 aliphatic heterocycles. The maximum atomic E-state index is 12.8. The maximum Gasteiger partial charge on any atom is 0.408 e. The molecule has 0 aliphatic carbocycles. The van der Waals surface area contributed by atoms with Crippen LogP contribution in [0.4, 0.5) is 19.1 Å². The Morgan fingerprint density at radius 1 is 1.26 bits per heavy atom. The van der Waals surface area contributed by atoms with Gasteiger partial charge in [-0.1, -0.05) is 0 Å². The van der Waals surface area contributed by atoms with E-state index in [0.29, 0.717) is 11.0 Å². The summed E-state index contributed by atoms with van der Waals surface area (Å²) >= 11 is 0. The maximum absolute atomic E-state index is 12.8. The fourth-order valence-electron chi connectivity index (χ4n) is 2.79. The quantitative estimate of drug-likeness (QED) is 0.568. The Bertz CT molecular complexity index is 1120. The van der Waals surface area contributed by atoms with E-state index in [4.69, 9.17) is 4.74 Å². The lowest BCUT2D eigenvalue weighted by atomic mass is 10.1. The van der Waals surface area contributed by atoms with Gasteiger partial charge in [0.05, 0.1) is 12.5 Å². The number of rotatable bonds is 4. The van der Waals surface area contributed by atoms with E-state index in [-0.39, 0.29) is 11.8 Å². The van der Waals surface area contributed by atoms with E-state index >= 15 is 0 Å². The van der Waals surface area contributed by atoms with Crippen molar-refractivity contribution in [3.8, 4) is 17.0 Å². The number of nitrogens with zero attached hydrogens (tertiary/aromatic N) is 4. The molecule has 0 bridgehead atoms. The minimum atomic E-state index is -4.41. The fourth-order valence-corrected chi connectivity index (χ4v) is 2.79. The van der Waals surface area contributed by atoms with Crippen LogP contribution >= 0.6 is 0 Å². The number of aromatic amines is 1. The minimum absolute atomic E-state index is 0.164. The van der Waals surface area contributed by atoms with Crippen LogP contribution in [0.15, 0.2) is 36.9 Å². The van der Waals surface area contributed by atoms with Crippen LogP contribution in [0.25, 0.3) is 27.8 Å². The van der Waals surface area contributed by atoms with Gasteiger partial charge in [0.25, 0.3) is 0 Å². The Morgan fingerprint density at radius 3 is 2.81 bits per heavy atom. The molecule has 140 valence electrons. The molecular formula is C17H15F3N6O. The number of pyridine rings is 1.